The summed E-state index contributed by atoms with van der Waals surface area (Å²) in [5.41, 5.74) is 0.874. The molecule has 0 saturated heterocycles. The number of carbonyl (C=O) groups is 1. The maximum Gasteiger partial charge on any atom is 0.239 e. The van der Waals surface area contributed by atoms with E-state index in [1.54, 1.807) is 12.3 Å². The molecule has 0 aromatic carbocycles. The molecule has 1 aromatic rings. The number of likely N-dealkylation sites (N-methyl/N-ethyl adjacent to an activating group) is 1. The van der Waals surface area contributed by atoms with Gasteiger partial charge in [-0.1, -0.05) is 11.6 Å². The van der Waals surface area contributed by atoms with Crippen molar-refractivity contribution in [2.45, 2.75) is 19.9 Å². The molecule has 0 radical (unpaired) electrons. The number of nitrogens with zero attached hydrogens (tertiary/aromatic N) is 2. The van der Waals surface area contributed by atoms with Crippen molar-refractivity contribution in [3.63, 3.8) is 0 Å². The molecule has 0 bridgehead atoms. The van der Waals surface area contributed by atoms with Gasteiger partial charge in [0.25, 0.3) is 0 Å². The van der Waals surface area contributed by atoms with Crippen molar-refractivity contribution in [1.82, 2.24) is 10.3 Å². The molecule has 0 aliphatic carbocycles. The third-order valence-electron chi connectivity index (χ3n) is 1.98. The Morgan fingerprint density at radius 2 is 2.31 bits per heavy atom. The molecule has 0 unspecified atom stereocenters. The summed E-state index contributed by atoms with van der Waals surface area (Å²) in [6, 6.07) is 3.69. The molecule has 1 N–H and O–H groups in total. The van der Waals surface area contributed by atoms with Crippen molar-refractivity contribution in [1.29, 1.82) is 0 Å². The van der Waals surface area contributed by atoms with E-state index < -0.39 is 0 Å². The summed E-state index contributed by atoms with van der Waals surface area (Å²) in [4.78, 5) is 17.2. The molecule has 4 nitrogen and oxygen atoms in total. The number of nitrogens with one attached hydrogen (secondary N) is 1. The predicted molar refractivity (Wildman–Crippen MR) is 65.8 cm³/mol. The van der Waals surface area contributed by atoms with E-state index >= 15 is 0 Å². The summed E-state index contributed by atoms with van der Waals surface area (Å²) in [5.74, 6) is -0.00886. The lowest BCUT2D eigenvalue weighted by Gasteiger charge is -2.19. The number of rotatable bonds is 4. The van der Waals surface area contributed by atoms with Gasteiger partial charge >= 0.3 is 0 Å². The molecule has 0 atom stereocenters. The molecule has 16 heavy (non-hydrogen) atoms. The van der Waals surface area contributed by atoms with Crippen LogP contribution in [0, 0.1) is 0 Å². The van der Waals surface area contributed by atoms with Gasteiger partial charge in [0.15, 0.2) is 0 Å². The van der Waals surface area contributed by atoms with Crippen LogP contribution in [0.25, 0.3) is 0 Å². The lowest BCUT2D eigenvalue weighted by Crippen LogP contribution is -2.38. The Bertz CT molecular complexity index is 368. The summed E-state index contributed by atoms with van der Waals surface area (Å²) in [6.07, 6.45) is 1.62. The summed E-state index contributed by atoms with van der Waals surface area (Å²) in [6.45, 7) is 4.17. The van der Waals surface area contributed by atoms with Crippen LogP contribution in [0.5, 0.6) is 0 Å². The van der Waals surface area contributed by atoms with Gasteiger partial charge in [0.2, 0.25) is 5.91 Å². The number of hydrogen-bond acceptors (Lipinski definition) is 3. The van der Waals surface area contributed by atoms with Crippen molar-refractivity contribution in [3.05, 3.63) is 23.5 Å². The van der Waals surface area contributed by atoms with E-state index in [0.717, 1.165) is 5.69 Å². The highest BCUT2D eigenvalue weighted by atomic mass is 35.5. The summed E-state index contributed by atoms with van der Waals surface area (Å²) >= 11 is 5.77. The van der Waals surface area contributed by atoms with Crippen LogP contribution in [-0.4, -0.2) is 30.5 Å². The number of pyridine rings is 1. The Kier molecular flexibility index (Phi) is 4.55. The molecule has 1 rings (SSSR count). The third kappa shape index (κ3) is 4.06. The largest absolute Gasteiger partial charge is 0.365 e. The van der Waals surface area contributed by atoms with E-state index in [4.69, 9.17) is 11.6 Å². The number of aromatic nitrogens is 1. The Labute approximate surface area is 101 Å². The second kappa shape index (κ2) is 5.70. The second-order valence-corrected chi connectivity index (χ2v) is 4.30. The fraction of sp³-hybridized carbons (Fsp3) is 0.455. The molecule has 0 spiro atoms. The molecule has 0 saturated carbocycles. The minimum Gasteiger partial charge on any atom is -0.365 e. The Morgan fingerprint density at radius 3 is 2.88 bits per heavy atom. The average molecular weight is 242 g/mol. The van der Waals surface area contributed by atoms with Gasteiger partial charge in [0.1, 0.15) is 5.15 Å². The fourth-order valence-electron chi connectivity index (χ4n) is 1.30. The molecule has 0 fully saturated rings. The van der Waals surface area contributed by atoms with Gasteiger partial charge in [0.05, 0.1) is 6.54 Å². The van der Waals surface area contributed by atoms with Crippen molar-refractivity contribution in [3.8, 4) is 0 Å². The first kappa shape index (κ1) is 12.8. The molecule has 1 heterocycles. The standard InChI is InChI=1S/C11H16ClN3O/c1-8(2)14-11(16)7-15(3)9-4-5-13-10(12)6-9/h4-6,8H,7H2,1-3H3,(H,14,16). The molecule has 0 aliphatic rings. The third-order valence-corrected chi connectivity index (χ3v) is 2.19. The first-order valence-corrected chi connectivity index (χ1v) is 5.49. The van der Waals surface area contributed by atoms with Crippen LogP contribution in [0.4, 0.5) is 5.69 Å². The number of halogens is 1. The molecule has 1 amide bonds. The topological polar surface area (TPSA) is 45.2 Å². The molecule has 0 aliphatic heterocycles. The van der Waals surface area contributed by atoms with Crippen molar-refractivity contribution in [2.75, 3.05) is 18.5 Å². The van der Waals surface area contributed by atoms with Crippen molar-refractivity contribution >= 4 is 23.2 Å². The number of anilines is 1. The van der Waals surface area contributed by atoms with Crippen LogP contribution in [0.15, 0.2) is 18.3 Å². The zero-order valence-electron chi connectivity index (χ0n) is 9.70. The number of carbonyl (C=O) groups excluding carboxylic acids is 1. The van der Waals surface area contributed by atoms with Crippen LogP contribution in [0.3, 0.4) is 0 Å². The van der Waals surface area contributed by atoms with Crippen molar-refractivity contribution in [2.24, 2.45) is 0 Å². The van der Waals surface area contributed by atoms with Gasteiger partial charge < -0.3 is 10.2 Å². The summed E-state index contributed by atoms with van der Waals surface area (Å²) < 4.78 is 0. The van der Waals surface area contributed by atoms with Crippen molar-refractivity contribution < 1.29 is 4.79 Å². The smallest absolute Gasteiger partial charge is 0.239 e. The van der Waals surface area contributed by atoms with Crippen LogP contribution < -0.4 is 10.2 Å². The van der Waals surface area contributed by atoms with Gasteiger partial charge in [0, 0.05) is 25.0 Å². The van der Waals surface area contributed by atoms with Gasteiger partial charge in [-0.15, -0.1) is 0 Å². The van der Waals surface area contributed by atoms with Crippen LogP contribution in [0.1, 0.15) is 13.8 Å². The average Bonchev–Trinajstić information content (AvgIpc) is 2.16. The minimum atomic E-state index is -0.00886. The van der Waals surface area contributed by atoms with E-state index in [0.29, 0.717) is 11.7 Å². The normalized spacial score (nSPS) is 10.3. The van der Waals surface area contributed by atoms with Crippen LogP contribution >= 0.6 is 11.6 Å². The van der Waals surface area contributed by atoms with Gasteiger partial charge in [-0.3, -0.25) is 4.79 Å². The first-order chi connectivity index (χ1) is 7.49. The van der Waals surface area contributed by atoms with E-state index in [-0.39, 0.29) is 11.9 Å². The fourth-order valence-corrected chi connectivity index (χ4v) is 1.47. The van der Waals surface area contributed by atoms with Crippen LogP contribution in [-0.2, 0) is 4.79 Å². The second-order valence-electron chi connectivity index (χ2n) is 3.92. The lowest BCUT2D eigenvalue weighted by atomic mass is 10.3. The lowest BCUT2D eigenvalue weighted by molar-refractivity contribution is -0.120. The Hall–Kier alpha value is -1.29. The molecule has 5 heteroatoms. The maximum atomic E-state index is 11.5. The van der Waals surface area contributed by atoms with Gasteiger partial charge in [-0.2, -0.15) is 0 Å². The van der Waals surface area contributed by atoms with Gasteiger partial charge in [-0.25, -0.2) is 4.98 Å². The molecular formula is C11H16ClN3O. The minimum absolute atomic E-state index is 0.00886. The highest BCUT2D eigenvalue weighted by Crippen LogP contribution is 2.15. The molecular weight excluding hydrogens is 226 g/mol. The quantitative estimate of drug-likeness (QED) is 0.817. The Balaban J connectivity index is 2.58. The van der Waals surface area contributed by atoms with Gasteiger partial charge in [-0.05, 0) is 26.0 Å². The van der Waals surface area contributed by atoms with E-state index in [2.05, 4.69) is 10.3 Å². The zero-order valence-corrected chi connectivity index (χ0v) is 10.5. The summed E-state index contributed by atoms with van der Waals surface area (Å²) in [5, 5.41) is 3.25. The zero-order chi connectivity index (χ0) is 12.1. The van der Waals surface area contributed by atoms with Crippen LogP contribution in [0.2, 0.25) is 5.15 Å². The van der Waals surface area contributed by atoms with E-state index in [9.17, 15) is 4.79 Å². The van der Waals surface area contributed by atoms with E-state index in [1.165, 1.54) is 0 Å². The SMILES string of the molecule is CC(C)NC(=O)CN(C)c1ccnc(Cl)c1. The highest BCUT2D eigenvalue weighted by molar-refractivity contribution is 6.29. The maximum absolute atomic E-state index is 11.5. The Morgan fingerprint density at radius 1 is 1.62 bits per heavy atom. The summed E-state index contributed by atoms with van der Waals surface area (Å²) in [7, 11) is 1.84. The first-order valence-electron chi connectivity index (χ1n) is 5.11. The molecule has 1 aromatic heterocycles. The predicted octanol–water partition coefficient (Wildman–Crippen LogP) is 1.70. The molecule has 88 valence electrons. The number of hydrogen-bond donors (Lipinski definition) is 1. The monoisotopic (exact) mass is 241 g/mol. The number of amides is 1. The van der Waals surface area contributed by atoms with E-state index in [1.807, 2.05) is 31.9 Å². The highest BCUT2D eigenvalue weighted by Gasteiger charge is 2.08.